The first-order valence-electron chi connectivity index (χ1n) is 5.37. The molecule has 0 saturated heterocycles. The Hall–Kier alpha value is -1.85. The van der Waals surface area contributed by atoms with Gasteiger partial charge in [0.15, 0.2) is 0 Å². The fourth-order valence-electron chi connectivity index (χ4n) is 1.35. The molecule has 0 fully saturated rings. The van der Waals surface area contributed by atoms with Crippen LogP contribution in [0.3, 0.4) is 0 Å². The molecule has 0 saturated carbocycles. The fraction of sp³-hybridized carbons (Fsp3) is 0.545. The summed E-state index contributed by atoms with van der Waals surface area (Å²) in [5.41, 5.74) is 0.650. The second-order valence-corrected chi connectivity index (χ2v) is 3.54. The number of hydrogen-bond donors (Lipinski definition) is 0. The number of rotatable bonds is 5. The monoisotopic (exact) mass is 240 g/mol. The van der Waals surface area contributed by atoms with Crippen molar-refractivity contribution in [1.29, 1.82) is 0 Å². The fourth-order valence-corrected chi connectivity index (χ4v) is 1.35. The first-order chi connectivity index (χ1) is 8.08. The van der Waals surface area contributed by atoms with E-state index >= 15 is 0 Å². The van der Waals surface area contributed by atoms with Gasteiger partial charge in [0.05, 0.1) is 19.2 Å². The molecule has 94 valence electrons. The number of ether oxygens (including phenoxy) is 1. The molecule has 1 rings (SSSR count). The summed E-state index contributed by atoms with van der Waals surface area (Å²) in [6.07, 6.45) is 0.170. The van der Waals surface area contributed by atoms with Crippen LogP contribution in [0.1, 0.15) is 29.6 Å². The first-order valence-corrected chi connectivity index (χ1v) is 5.37. The van der Waals surface area contributed by atoms with Crippen molar-refractivity contribution in [2.24, 2.45) is 0 Å². The average molecular weight is 240 g/mol. The van der Waals surface area contributed by atoms with Crippen LogP contribution >= 0.6 is 0 Å². The summed E-state index contributed by atoms with van der Waals surface area (Å²) in [5, 5.41) is 3.65. The molecule has 0 aliphatic carbocycles. The van der Waals surface area contributed by atoms with Crippen LogP contribution in [-0.4, -0.2) is 42.1 Å². The molecule has 0 atom stereocenters. The molecule has 0 aliphatic heterocycles. The molecule has 1 heterocycles. The smallest absolute Gasteiger partial charge is 0.307 e. The normalized spacial score (nSPS) is 10.1. The van der Waals surface area contributed by atoms with E-state index in [0.717, 1.165) is 0 Å². The zero-order valence-corrected chi connectivity index (χ0v) is 10.2. The molecular formula is C11H16N2O4. The summed E-state index contributed by atoms with van der Waals surface area (Å²) >= 11 is 0. The molecular weight excluding hydrogens is 224 g/mol. The van der Waals surface area contributed by atoms with E-state index in [4.69, 9.17) is 4.52 Å². The minimum Gasteiger partial charge on any atom is -0.469 e. The number of amides is 1. The zero-order valence-electron chi connectivity index (χ0n) is 10.2. The number of esters is 1. The number of carbonyl (C=O) groups is 2. The summed E-state index contributed by atoms with van der Waals surface area (Å²) in [7, 11) is 1.32. The minimum absolute atomic E-state index is 0.170. The maximum atomic E-state index is 11.9. The van der Waals surface area contributed by atoms with Crippen LogP contribution in [0.25, 0.3) is 0 Å². The van der Waals surface area contributed by atoms with Crippen molar-refractivity contribution in [2.75, 3.05) is 20.2 Å². The Morgan fingerprint density at radius 1 is 1.53 bits per heavy atom. The maximum absolute atomic E-state index is 11.9. The largest absolute Gasteiger partial charge is 0.469 e. The quantitative estimate of drug-likeness (QED) is 0.718. The van der Waals surface area contributed by atoms with Gasteiger partial charge < -0.3 is 14.2 Å². The van der Waals surface area contributed by atoms with Gasteiger partial charge in [-0.15, -0.1) is 0 Å². The van der Waals surface area contributed by atoms with Gasteiger partial charge in [-0.25, -0.2) is 0 Å². The first kappa shape index (κ1) is 13.2. The van der Waals surface area contributed by atoms with Crippen LogP contribution in [0.4, 0.5) is 0 Å². The van der Waals surface area contributed by atoms with E-state index in [-0.39, 0.29) is 24.1 Å². The Labute approximate surface area is 99.5 Å². The van der Waals surface area contributed by atoms with E-state index in [1.165, 1.54) is 12.0 Å². The molecule has 1 aromatic heterocycles. The second-order valence-electron chi connectivity index (χ2n) is 3.54. The lowest BCUT2D eigenvalue weighted by atomic mass is 10.3. The highest BCUT2D eigenvalue weighted by molar-refractivity contribution is 5.91. The molecule has 0 radical (unpaired) electrons. The van der Waals surface area contributed by atoms with Gasteiger partial charge >= 0.3 is 5.97 Å². The molecule has 0 bridgehead atoms. The van der Waals surface area contributed by atoms with Crippen LogP contribution in [0.2, 0.25) is 0 Å². The van der Waals surface area contributed by atoms with Gasteiger partial charge in [-0.1, -0.05) is 5.16 Å². The molecule has 1 amide bonds. The van der Waals surface area contributed by atoms with Gasteiger partial charge in [-0.2, -0.15) is 0 Å². The Morgan fingerprint density at radius 3 is 2.71 bits per heavy atom. The van der Waals surface area contributed by atoms with Gasteiger partial charge in [0.2, 0.25) is 5.76 Å². The van der Waals surface area contributed by atoms with E-state index < -0.39 is 0 Å². The van der Waals surface area contributed by atoms with Gasteiger partial charge in [0.25, 0.3) is 5.91 Å². The van der Waals surface area contributed by atoms with Crippen molar-refractivity contribution in [2.45, 2.75) is 20.3 Å². The number of methoxy groups -OCH3 is 1. The molecule has 0 N–H and O–H groups in total. The molecule has 0 spiro atoms. The lowest BCUT2D eigenvalue weighted by Gasteiger charge is -2.18. The van der Waals surface area contributed by atoms with E-state index in [1.807, 2.05) is 6.92 Å². The van der Waals surface area contributed by atoms with Gasteiger partial charge in [-0.05, 0) is 13.8 Å². The summed E-state index contributed by atoms with van der Waals surface area (Å²) in [6, 6.07) is 1.57. The van der Waals surface area contributed by atoms with Crippen LogP contribution in [0.15, 0.2) is 10.6 Å². The third kappa shape index (κ3) is 3.58. The minimum atomic E-state index is -0.343. The van der Waals surface area contributed by atoms with Crippen LogP contribution in [0.5, 0.6) is 0 Å². The Kier molecular flexibility index (Phi) is 4.68. The highest BCUT2D eigenvalue weighted by Gasteiger charge is 2.19. The third-order valence-electron chi connectivity index (χ3n) is 2.32. The topological polar surface area (TPSA) is 72.6 Å². The van der Waals surface area contributed by atoms with Crippen molar-refractivity contribution in [3.05, 3.63) is 17.5 Å². The van der Waals surface area contributed by atoms with E-state index in [2.05, 4.69) is 9.89 Å². The number of nitrogens with zero attached hydrogens (tertiary/aromatic N) is 2. The molecule has 6 nitrogen and oxygen atoms in total. The summed E-state index contributed by atoms with van der Waals surface area (Å²) in [5.74, 6) is -0.420. The van der Waals surface area contributed by atoms with Crippen molar-refractivity contribution in [3.8, 4) is 0 Å². The molecule has 1 aromatic rings. The van der Waals surface area contributed by atoms with Crippen molar-refractivity contribution >= 4 is 11.9 Å². The Balaban J connectivity index is 2.61. The predicted molar refractivity (Wildman–Crippen MR) is 59.5 cm³/mol. The lowest BCUT2D eigenvalue weighted by molar-refractivity contribution is -0.140. The molecule has 6 heteroatoms. The molecule has 0 unspecified atom stereocenters. The zero-order chi connectivity index (χ0) is 12.8. The van der Waals surface area contributed by atoms with Crippen molar-refractivity contribution < 1.29 is 18.8 Å². The highest BCUT2D eigenvalue weighted by Crippen LogP contribution is 2.07. The lowest BCUT2D eigenvalue weighted by Crippen LogP contribution is -2.32. The predicted octanol–water partition coefficient (Wildman–Crippen LogP) is 1.01. The summed E-state index contributed by atoms with van der Waals surface area (Å²) < 4.78 is 9.41. The number of aryl methyl sites for hydroxylation is 1. The van der Waals surface area contributed by atoms with Gasteiger partial charge in [-0.3, -0.25) is 9.59 Å². The molecule has 0 aliphatic rings. The number of hydrogen-bond acceptors (Lipinski definition) is 5. The van der Waals surface area contributed by atoms with Gasteiger partial charge in [0.1, 0.15) is 0 Å². The van der Waals surface area contributed by atoms with E-state index in [9.17, 15) is 9.59 Å². The Bertz CT molecular complexity index is 400. The molecule has 17 heavy (non-hydrogen) atoms. The maximum Gasteiger partial charge on any atom is 0.307 e. The second kappa shape index (κ2) is 6.03. The third-order valence-corrected chi connectivity index (χ3v) is 2.32. The SMILES string of the molecule is CCN(CCC(=O)OC)C(=O)c1cc(C)no1. The van der Waals surface area contributed by atoms with E-state index in [0.29, 0.717) is 18.8 Å². The summed E-state index contributed by atoms with van der Waals surface area (Å²) in [4.78, 5) is 24.4. The van der Waals surface area contributed by atoms with Crippen LogP contribution < -0.4 is 0 Å². The van der Waals surface area contributed by atoms with Crippen LogP contribution in [-0.2, 0) is 9.53 Å². The summed E-state index contributed by atoms with van der Waals surface area (Å²) in [6.45, 7) is 4.38. The standard InChI is InChI=1S/C11H16N2O4/c1-4-13(6-5-10(14)16-3)11(15)9-7-8(2)12-17-9/h7H,4-6H2,1-3H3. The molecule has 0 aromatic carbocycles. The van der Waals surface area contributed by atoms with E-state index in [1.54, 1.807) is 13.0 Å². The number of aromatic nitrogens is 1. The highest BCUT2D eigenvalue weighted by atomic mass is 16.5. The average Bonchev–Trinajstić information content (AvgIpc) is 2.76. The van der Waals surface area contributed by atoms with Crippen molar-refractivity contribution in [1.82, 2.24) is 10.1 Å². The number of carbonyl (C=O) groups excluding carboxylic acids is 2. The van der Waals surface area contributed by atoms with Crippen LogP contribution in [0, 0.1) is 6.92 Å². The van der Waals surface area contributed by atoms with Gasteiger partial charge in [0, 0.05) is 19.2 Å². The Morgan fingerprint density at radius 2 is 2.24 bits per heavy atom. The van der Waals surface area contributed by atoms with Crippen molar-refractivity contribution in [3.63, 3.8) is 0 Å².